The Morgan fingerprint density at radius 1 is 1.12 bits per heavy atom. The largest absolute Gasteiger partial charge is 0.393 e. The maximum absolute atomic E-state index is 9.78. The third kappa shape index (κ3) is 6.63. The van der Waals surface area contributed by atoms with Gasteiger partial charge in [-0.2, -0.15) is 4.98 Å². The molecule has 2 aliphatic heterocycles. The molecule has 1 spiro atoms. The van der Waals surface area contributed by atoms with Gasteiger partial charge in [-0.05, 0) is 51.2 Å². The fourth-order valence-corrected chi connectivity index (χ4v) is 6.80. The lowest BCUT2D eigenvalue weighted by molar-refractivity contribution is 0.0974. The van der Waals surface area contributed by atoms with Crippen molar-refractivity contribution in [3.8, 4) is 0 Å². The number of hydrogen-bond donors (Lipinski definition) is 4. The normalized spacial score (nSPS) is 25.2. The number of halogens is 2. The second-order valence-corrected chi connectivity index (χ2v) is 12.3. The second kappa shape index (κ2) is 12.8. The molecule has 0 radical (unpaired) electrons. The van der Waals surface area contributed by atoms with Gasteiger partial charge in [-0.25, -0.2) is 19.9 Å². The van der Waals surface area contributed by atoms with Crippen molar-refractivity contribution in [2.75, 3.05) is 35.2 Å². The minimum atomic E-state index is -0.268. The van der Waals surface area contributed by atoms with Crippen LogP contribution in [0.5, 0.6) is 0 Å². The molecule has 3 aliphatic rings. The molecule has 3 aromatic heterocycles. The van der Waals surface area contributed by atoms with Crippen molar-refractivity contribution >= 4 is 59.2 Å². The number of aliphatic hydroxyl groups excluding tert-OH is 1. The summed E-state index contributed by atoms with van der Waals surface area (Å²) in [5, 5.41) is 17.5. The zero-order valence-electron chi connectivity index (χ0n) is 22.7. The van der Waals surface area contributed by atoms with Crippen molar-refractivity contribution in [2.45, 2.75) is 73.2 Å². The molecule has 11 nitrogen and oxygen atoms in total. The van der Waals surface area contributed by atoms with Crippen LogP contribution in [0.1, 0.15) is 39.0 Å². The monoisotopic (exact) mass is 619 g/mol. The molecule has 5 N–H and O–H groups in total. The fraction of sp³-hybridized carbons (Fsp3) is 0.519. The van der Waals surface area contributed by atoms with Crippen LogP contribution in [-0.4, -0.2) is 74.0 Å². The molecule has 41 heavy (non-hydrogen) atoms. The zero-order valence-corrected chi connectivity index (χ0v) is 25.1. The maximum Gasteiger partial charge on any atom is 0.224 e. The van der Waals surface area contributed by atoms with E-state index in [0.29, 0.717) is 29.0 Å². The van der Waals surface area contributed by atoms with Gasteiger partial charge >= 0.3 is 0 Å². The number of ether oxygens (including phenoxy) is 1. The number of anilines is 4. The average Bonchev–Trinajstić information content (AvgIpc) is 3.49. The first kappa shape index (κ1) is 30.0. The Kier molecular flexibility index (Phi) is 9.37. The Bertz CT molecular complexity index is 1330. The molecule has 0 aromatic carbocycles. The molecular formula is C27H35Cl2N9O2S. The molecular weight excluding hydrogens is 585 g/mol. The highest BCUT2D eigenvalue weighted by atomic mass is 35.5. The lowest BCUT2D eigenvalue weighted by Crippen LogP contribution is -2.50. The van der Waals surface area contributed by atoms with Crippen molar-refractivity contribution in [3.63, 3.8) is 0 Å². The zero-order chi connectivity index (χ0) is 27.7. The van der Waals surface area contributed by atoms with E-state index in [1.54, 1.807) is 24.7 Å². The van der Waals surface area contributed by atoms with E-state index in [9.17, 15) is 5.11 Å². The van der Waals surface area contributed by atoms with Crippen LogP contribution in [0.3, 0.4) is 0 Å². The van der Waals surface area contributed by atoms with Crippen molar-refractivity contribution < 1.29 is 9.84 Å². The Hall–Kier alpha value is -2.48. The first-order valence-electron chi connectivity index (χ1n) is 13.7. The smallest absolute Gasteiger partial charge is 0.224 e. The van der Waals surface area contributed by atoms with Crippen LogP contribution in [0.25, 0.3) is 0 Å². The van der Waals surface area contributed by atoms with Crippen molar-refractivity contribution in [3.05, 3.63) is 41.9 Å². The summed E-state index contributed by atoms with van der Waals surface area (Å²) in [4.78, 5) is 25.6. The Morgan fingerprint density at radius 2 is 1.93 bits per heavy atom. The molecule has 2 saturated heterocycles. The molecule has 1 aliphatic carbocycles. The molecule has 14 heteroatoms. The number of hydrogen-bond acceptors (Lipinski definition) is 12. The summed E-state index contributed by atoms with van der Waals surface area (Å²) in [6.45, 7) is 4.59. The standard InChI is InChI=1S/C27H34ClN9O2S.ClH/c1-16-24(29)27(15-39-16)6-10-37(11-7-27)21-13-33-22(14-32-21)40-19-4-8-30-25(23(19)28)35-20-5-9-31-26(36-20)34-17-2-3-18(38)12-17;/h4-5,8-9,13-14,16-18,24,38H,2-3,6-7,10-12,15,29H2,1H3,(H2,30,31,34,35,36);1H/t16-,17+,18+,24+;/m0./s1. The number of nitrogens with two attached hydrogens (primary N) is 1. The molecule has 3 aromatic rings. The average molecular weight is 621 g/mol. The predicted octanol–water partition coefficient (Wildman–Crippen LogP) is 4.29. The van der Waals surface area contributed by atoms with Crippen molar-refractivity contribution in [1.82, 2.24) is 24.9 Å². The third-order valence-corrected chi connectivity index (χ3v) is 9.73. The number of nitrogens with one attached hydrogen (secondary N) is 2. The maximum atomic E-state index is 9.78. The molecule has 4 atom stereocenters. The summed E-state index contributed by atoms with van der Waals surface area (Å²) in [7, 11) is 0. The minimum Gasteiger partial charge on any atom is -0.393 e. The molecule has 6 rings (SSSR count). The summed E-state index contributed by atoms with van der Waals surface area (Å²) < 4.78 is 5.84. The van der Waals surface area contributed by atoms with Gasteiger partial charge in [-0.3, -0.25) is 0 Å². The van der Waals surface area contributed by atoms with Gasteiger partial charge in [-0.15, -0.1) is 12.4 Å². The Balaban J connectivity index is 0.00000337. The number of nitrogens with zero attached hydrogens (tertiary/aromatic N) is 6. The molecule has 0 unspecified atom stereocenters. The van der Waals surface area contributed by atoms with Crippen LogP contribution >= 0.6 is 35.8 Å². The van der Waals surface area contributed by atoms with Gasteiger partial charge in [0.15, 0.2) is 5.82 Å². The molecule has 0 bridgehead atoms. The van der Waals surface area contributed by atoms with E-state index in [1.807, 2.05) is 12.3 Å². The topological polar surface area (TPSA) is 147 Å². The van der Waals surface area contributed by atoms with Gasteiger partial charge in [0.2, 0.25) is 5.95 Å². The number of piperidine rings is 1. The van der Waals surface area contributed by atoms with Gasteiger partial charge in [-0.1, -0.05) is 23.4 Å². The second-order valence-electron chi connectivity index (χ2n) is 10.9. The first-order chi connectivity index (χ1) is 19.4. The van der Waals surface area contributed by atoms with Gasteiger partial charge in [0, 0.05) is 47.9 Å². The summed E-state index contributed by atoms with van der Waals surface area (Å²) in [5.41, 5.74) is 6.54. The fourth-order valence-electron chi connectivity index (χ4n) is 5.77. The van der Waals surface area contributed by atoms with Gasteiger partial charge < -0.3 is 31.1 Å². The number of pyridine rings is 1. The predicted molar refractivity (Wildman–Crippen MR) is 163 cm³/mol. The molecule has 220 valence electrons. The molecule has 0 amide bonds. The summed E-state index contributed by atoms with van der Waals surface area (Å²) >= 11 is 8.16. The number of rotatable bonds is 7. The summed E-state index contributed by atoms with van der Waals surface area (Å²) in [6, 6.07) is 3.86. The minimum absolute atomic E-state index is 0. The van der Waals surface area contributed by atoms with Crippen molar-refractivity contribution in [1.29, 1.82) is 0 Å². The van der Waals surface area contributed by atoms with E-state index in [2.05, 4.69) is 47.4 Å². The van der Waals surface area contributed by atoms with E-state index in [-0.39, 0.29) is 42.1 Å². The lowest BCUT2D eigenvalue weighted by Gasteiger charge is -2.41. The third-order valence-electron chi connectivity index (χ3n) is 8.25. The van der Waals surface area contributed by atoms with E-state index in [1.165, 1.54) is 11.8 Å². The van der Waals surface area contributed by atoms with Crippen LogP contribution < -0.4 is 21.3 Å². The lowest BCUT2D eigenvalue weighted by atomic mass is 9.73. The van der Waals surface area contributed by atoms with E-state index in [4.69, 9.17) is 22.1 Å². The molecule has 3 fully saturated rings. The first-order valence-corrected chi connectivity index (χ1v) is 14.9. The van der Waals surface area contributed by atoms with E-state index < -0.39 is 0 Å². The number of aliphatic hydroxyl groups is 1. The summed E-state index contributed by atoms with van der Waals surface area (Å²) in [5.74, 6) is 2.42. The van der Waals surface area contributed by atoms with Crippen LogP contribution in [0.4, 0.5) is 23.4 Å². The SMILES string of the molecule is C[C@@H]1OCC2(CCN(c3cnc(Sc4ccnc(Nc5ccnc(N[C@@H]6CC[C@@H](O)C6)n5)c4Cl)cn3)CC2)[C@@H]1N.Cl. The van der Waals surface area contributed by atoms with Gasteiger partial charge in [0.25, 0.3) is 0 Å². The Labute approximate surface area is 254 Å². The quantitative estimate of drug-likeness (QED) is 0.299. The highest BCUT2D eigenvalue weighted by Crippen LogP contribution is 2.42. The highest BCUT2D eigenvalue weighted by Gasteiger charge is 2.47. The van der Waals surface area contributed by atoms with Crippen LogP contribution in [-0.2, 0) is 4.74 Å². The van der Waals surface area contributed by atoms with Gasteiger partial charge in [0.1, 0.15) is 16.7 Å². The van der Waals surface area contributed by atoms with Crippen LogP contribution in [0.15, 0.2) is 46.8 Å². The van der Waals surface area contributed by atoms with Crippen molar-refractivity contribution in [2.24, 2.45) is 11.1 Å². The Morgan fingerprint density at radius 3 is 2.61 bits per heavy atom. The van der Waals surface area contributed by atoms with E-state index >= 15 is 0 Å². The van der Waals surface area contributed by atoms with Gasteiger partial charge in [0.05, 0.1) is 36.2 Å². The van der Waals surface area contributed by atoms with Crippen LogP contribution in [0, 0.1) is 5.41 Å². The number of aromatic nitrogens is 5. The van der Waals surface area contributed by atoms with E-state index in [0.717, 1.165) is 61.1 Å². The molecule has 5 heterocycles. The highest BCUT2D eigenvalue weighted by molar-refractivity contribution is 7.99. The van der Waals surface area contributed by atoms with Crippen LogP contribution in [0.2, 0.25) is 5.02 Å². The summed E-state index contributed by atoms with van der Waals surface area (Å²) in [6.07, 6.45) is 11.2. The molecule has 1 saturated carbocycles.